The zero-order valence-corrected chi connectivity index (χ0v) is 12.9. The van der Waals surface area contributed by atoms with Crippen molar-refractivity contribution in [1.29, 1.82) is 0 Å². The van der Waals surface area contributed by atoms with E-state index in [9.17, 15) is 9.59 Å². The molecule has 1 heterocycles. The second-order valence-electron chi connectivity index (χ2n) is 6.13. The molecule has 112 valence electrons. The van der Waals surface area contributed by atoms with Gasteiger partial charge in [0.15, 0.2) is 5.69 Å². The van der Waals surface area contributed by atoms with Crippen molar-refractivity contribution in [3.8, 4) is 0 Å². The average Bonchev–Trinajstić information content (AvgIpc) is 2.40. The van der Waals surface area contributed by atoms with Crippen LogP contribution in [0.5, 0.6) is 0 Å². The lowest BCUT2D eigenvalue weighted by Gasteiger charge is -2.21. The highest BCUT2D eigenvalue weighted by Gasteiger charge is 2.20. The summed E-state index contributed by atoms with van der Waals surface area (Å²) in [5, 5.41) is 8.29. The number of rotatable bonds is 3. The molecule has 0 aliphatic heterocycles. The first-order valence-corrected chi connectivity index (χ1v) is 7.16. The van der Waals surface area contributed by atoms with Gasteiger partial charge in [0.2, 0.25) is 0 Å². The second kappa shape index (κ2) is 5.68. The number of hydrogen-bond donors (Lipinski definition) is 1. The standard InChI is InChI=1S/C16H21N3O2/c1-5-10-19-15(21)12-9-7-6-8-11(12)13(18-19)14(20)17-16(2,3)4/h6-9H,5,10H2,1-4H3,(H,17,20). The molecule has 0 unspecified atom stereocenters. The fraction of sp³-hybridized carbons (Fsp3) is 0.438. The van der Waals surface area contributed by atoms with Crippen molar-refractivity contribution < 1.29 is 4.79 Å². The predicted molar refractivity (Wildman–Crippen MR) is 83.5 cm³/mol. The number of fused-ring (bicyclic) bond motifs is 1. The zero-order chi connectivity index (χ0) is 15.6. The first-order valence-electron chi connectivity index (χ1n) is 7.16. The molecule has 0 aliphatic rings. The number of aryl methyl sites for hydroxylation is 1. The Balaban J connectivity index is 2.64. The van der Waals surface area contributed by atoms with Crippen LogP contribution in [0.15, 0.2) is 29.1 Å². The smallest absolute Gasteiger partial charge is 0.274 e. The van der Waals surface area contributed by atoms with Gasteiger partial charge in [-0.3, -0.25) is 9.59 Å². The third-order valence-corrected chi connectivity index (χ3v) is 3.01. The van der Waals surface area contributed by atoms with Gasteiger partial charge in [-0.2, -0.15) is 5.10 Å². The Morgan fingerprint density at radius 3 is 2.43 bits per heavy atom. The molecule has 0 aliphatic carbocycles. The highest BCUT2D eigenvalue weighted by atomic mass is 16.2. The van der Waals surface area contributed by atoms with Crippen LogP contribution in [0.2, 0.25) is 0 Å². The molecule has 1 aromatic carbocycles. The van der Waals surface area contributed by atoms with Gasteiger partial charge in [-0.1, -0.05) is 25.1 Å². The normalized spacial score (nSPS) is 11.6. The quantitative estimate of drug-likeness (QED) is 0.942. The highest BCUT2D eigenvalue weighted by Crippen LogP contribution is 2.14. The van der Waals surface area contributed by atoms with Gasteiger partial charge in [0.05, 0.1) is 5.39 Å². The van der Waals surface area contributed by atoms with Gasteiger partial charge in [0.25, 0.3) is 11.5 Å². The summed E-state index contributed by atoms with van der Waals surface area (Å²) in [6, 6.07) is 7.10. The monoisotopic (exact) mass is 287 g/mol. The van der Waals surface area contributed by atoms with E-state index in [0.29, 0.717) is 23.0 Å². The van der Waals surface area contributed by atoms with Crippen molar-refractivity contribution in [3.05, 3.63) is 40.3 Å². The fourth-order valence-corrected chi connectivity index (χ4v) is 2.17. The van der Waals surface area contributed by atoms with Crippen LogP contribution >= 0.6 is 0 Å². The Bertz CT molecular complexity index is 726. The topological polar surface area (TPSA) is 64.0 Å². The van der Waals surface area contributed by atoms with Crippen LogP contribution in [0.1, 0.15) is 44.6 Å². The van der Waals surface area contributed by atoms with E-state index in [1.54, 1.807) is 18.2 Å². The third-order valence-electron chi connectivity index (χ3n) is 3.01. The molecule has 5 heteroatoms. The van der Waals surface area contributed by atoms with Crippen molar-refractivity contribution >= 4 is 16.7 Å². The molecule has 0 atom stereocenters. The van der Waals surface area contributed by atoms with Crippen LogP contribution in [-0.2, 0) is 6.54 Å². The lowest BCUT2D eigenvalue weighted by atomic mass is 10.1. The molecular weight excluding hydrogens is 266 g/mol. The van der Waals surface area contributed by atoms with Gasteiger partial charge in [-0.25, -0.2) is 4.68 Å². The van der Waals surface area contributed by atoms with Crippen molar-refractivity contribution in [1.82, 2.24) is 15.1 Å². The molecule has 0 spiro atoms. The number of carbonyl (C=O) groups is 1. The molecule has 0 fully saturated rings. The third kappa shape index (κ3) is 3.29. The number of nitrogens with zero attached hydrogens (tertiary/aromatic N) is 2. The molecule has 2 rings (SSSR count). The lowest BCUT2D eigenvalue weighted by Crippen LogP contribution is -2.42. The maximum absolute atomic E-state index is 12.5. The van der Waals surface area contributed by atoms with Gasteiger partial charge in [-0.15, -0.1) is 0 Å². The molecule has 0 saturated heterocycles. The van der Waals surface area contributed by atoms with E-state index in [1.165, 1.54) is 4.68 Å². The Kier molecular flexibility index (Phi) is 4.11. The minimum atomic E-state index is -0.356. The molecule has 1 aromatic heterocycles. The zero-order valence-electron chi connectivity index (χ0n) is 12.9. The summed E-state index contributed by atoms with van der Waals surface area (Å²) in [7, 11) is 0. The molecule has 2 aromatic rings. The Labute approximate surface area is 124 Å². The Morgan fingerprint density at radius 1 is 1.24 bits per heavy atom. The molecule has 1 amide bonds. The summed E-state index contributed by atoms with van der Waals surface area (Å²) in [5.41, 5.74) is -0.209. The predicted octanol–water partition coefficient (Wildman–Crippen LogP) is 2.33. The van der Waals surface area contributed by atoms with Gasteiger partial charge < -0.3 is 5.32 Å². The van der Waals surface area contributed by atoms with Gasteiger partial charge in [0, 0.05) is 17.5 Å². The molecule has 0 radical (unpaired) electrons. The van der Waals surface area contributed by atoms with Gasteiger partial charge >= 0.3 is 0 Å². The molecule has 21 heavy (non-hydrogen) atoms. The lowest BCUT2D eigenvalue weighted by molar-refractivity contribution is 0.0914. The summed E-state index contributed by atoms with van der Waals surface area (Å²) < 4.78 is 1.37. The van der Waals surface area contributed by atoms with E-state index in [-0.39, 0.29) is 17.0 Å². The maximum Gasteiger partial charge on any atom is 0.274 e. The van der Waals surface area contributed by atoms with Crippen LogP contribution in [0.3, 0.4) is 0 Å². The van der Waals surface area contributed by atoms with Crippen LogP contribution in [0, 0.1) is 0 Å². The molecular formula is C16H21N3O2. The first-order chi connectivity index (χ1) is 9.83. The van der Waals surface area contributed by atoms with Crippen molar-refractivity contribution in [2.75, 3.05) is 0 Å². The van der Waals surface area contributed by atoms with E-state index in [1.807, 2.05) is 33.8 Å². The van der Waals surface area contributed by atoms with Crippen molar-refractivity contribution in [3.63, 3.8) is 0 Å². The second-order valence-corrected chi connectivity index (χ2v) is 6.13. The minimum Gasteiger partial charge on any atom is -0.346 e. The van der Waals surface area contributed by atoms with E-state index in [4.69, 9.17) is 0 Å². The largest absolute Gasteiger partial charge is 0.346 e. The van der Waals surface area contributed by atoms with Crippen LogP contribution in [0.4, 0.5) is 0 Å². The van der Waals surface area contributed by atoms with E-state index >= 15 is 0 Å². The summed E-state index contributed by atoms with van der Waals surface area (Å²) in [5.74, 6) is -0.261. The summed E-state index contributed by atoms with van der Waals surface area (Å²) in [6.07, 6.45) is 0.783. The van der Waals surface area contributed by atoms with Crippen molar-refractivity contribution in [2.45, 2.75) is 46.2 Å². The van der Waals surface area contributed by atoms with Crippen LogP contribution in [-0.4, -0.2) is 21.2 Å². The first kappa shape index (κ1) is 15.2. The Morgan fingerprint density at radius 2 is 1.86 bits per heavy atom. The molecule has 0 saturated carbocycles. The number of hydrogen-bond acceptors (Lipinski definition) is 3. The van der Waals surface area contributed by atoms with Crippen LogP contribution in [0.25, 0.3) is 10.8 Å². The Hall–Kier alpha value is -2.17. The number of benzene rings is 1. The van der Waals surface area contributed by atoms with Crippen molar-refractivity contribution in [2.24, 2.45) is 0 Å². The summed E-state index contributed by atoms with van der Waals surface area (Å²) in [4.78, 5) is 24.8. The van der Waals surface area contributed by atoms with Gasteiger partial charge in [-0.05, 0) is 33.3 Å². The van der Waals surface area contributed by atoms with E-state index in [2.05, 4.69) is 10.4 Å². The molecule has 1 N–H and O–H groups in total. The van der Waals surface area contributed by atoms with Gasteiger partial charge in [0.1, 0.15) is 0 Å². The highest BCUT2D eigenvalue weighted by molar-refractivity contribution is 6.05. The number of aromatic nitrogens is 2. The molecule has 5 nitrogen and oxygen atoms in total. The van der Waals surface area contributed by atoms with E-state index in [0.717, 1.165) is 6.42 Å². The average molecular weight is 287 g/mol. The maximum atomic E-state index is 12.5. The van der Waals surface area contributed by atoms with Crippen LogP contribution < -0.4 is 10.9 Å². The molecule has 0 bridgehead atoms. The number of nitrogens with one attached hydrogen (secondary N) is 1. The fourth-order valence-electron chi connectivity index (χ4n) is 2.17. The number of carbonyl (C=O) groups excluding carboxylic acids is 1. The number of amides is 1. The summed E-state index contributed by atoms with van der Waals surface area (Å²) >= 11 is 0. The summed E-state index contributed by atoms with van der Waals surface area (Å²) in [6.45, 7) is 8.21. The minimum absolute atomic E-state index is 0.153. The SMILES string of the molecule is CCCn1nc(C(=O)NC(C)(C)C)c2ccccc2c1=O. The van der Waals surface area contributed by atoms with E-state index < -0.39 is 0 Å².